The van der Waals surface area contributed by atoms with E-state index in [4.69, 9.17) is 9.84 Å². The van der Waals surface area contributed by atoms with Gasteiger partial charge in [0, 0.05) is 32.0 Å². The van der Waals surface area contributed by atoms with Crippen LogP contribution in [0, 0.1) is 11.8 Å². The summed E-state index contributed by atoms with van der Waals surface area (Å²) in [6.45, 7) is 5.11. The fourth-order valence-electron chi connectivity index (χ4n) is 1.97. The Balaban J connectivity index is 2.11. The van der Waals surface area contributed by atoms with Crippen molar-refractivity contribution in [2.45, 2.75) is 26.7 Å². The van der Waals surface area contributed by atoms with Gasteiger partial charge in [-0.3, -0.25) is 9.59 Å². The first kappa shape index (κ1) is 16.3. The number of carbonyl (C=O) groups is 3. The van der Waals surface area contributed by atoms with Crippen LogP contribution in [-0.4, -0.2) is 54.2 Å². The minimum absolute atomic E-state index is 0.0257. The molecule has 7 heteroatoms. The summed E-state index contributed by atoms with van der Waals surface area (Å²) in [6, 6.07) is -0.206. The number of nitrogens with zero attached hydrogens (tertiary/aromatic N) is 1. The second kappa shape index (κ2) is 7.72. The summed E-state index contributed by atoms with van der Waals surface area (Å²) in [5.41, 5.74) is 0. The molecule has 114 valence electrons. The number of rotatable bonds is 7. The quantitative estimate of drug-likeness (QED) is 0.530. The maximum absolute atomic E-state index is 11.7. The monoisotopic (exact) mass is 286 g/mol. The number of amides is 2. The molecule has 1 atom stereocenters. The molecule has 1 heterocycles. The first-order chi connectivity index (χ1) is 9.45. The highest BCUT2D eigenvalue weighted by molar-refractivity contribution is 5.76. The molecule has 1 fully saturated rings. The first-order valence-corrected chi connectivity index (χ1v) is 6.86. The van der Waals surface area contributed by atoms with Crippen LogP contribution in [0.3, 0.4) is 0 Å². The second-order valence-corrected chi connectivity index (χ2v) is 4.93. The van der Waals surface area contributed by atoms with Gasteiger partial charge in [-0.15, -0.1) is 0 Å². The average Bonchev–Trinajstić information content (AvgIpc) is 2.33. The largest absolute Gasteiger partial charge is 0.481 e. The average molecular weight is 286 g/mol. The van der Waals surface area contributed by atoms with Crippen LogP contribution in [0.5, 0.6) is 0 Å². The van der Waals surface area contributed by atoms with Crippen LogP contribution < -0.4 is 5.32 Å². The molecule has 0 aromatic carbocycles. The predicted octanol–water partition coefficient (Wildman–Crippen LogP) is 0.692. The van der Waals surface area contributed by atoms with E-state index in [2.05, 4.69) is 5.32 Å². The smallest absolute Gasteiger partial charge is 0.317 e. The Hall–Kier alpha value is -1.79. The molecule has 0 aromatic rings. The van der Waals surface area contributed by atoms with Crippen LogP contribution >= 0.6 is 0 Å². The van der Waals surface area contributed by atoms with Gasteiger partial charge in [0.05, 0.1) is 12.5 Å². The maximum atomic E-state index is 11.7. The Morgan fingerprint density at radius 3 is 2.60 bits per heavy atom. The van der Waals surface area contributed by atoms with Gasteiger partial charge in [0.1, 0.15) is 0 Å². The minimum atomic E-state index is -0.829. The van der Waals surface area contributed by atoms with Crippen molar-refractivity contribution in [2.75, 3.05) is 26.2 Å². The molecule has 0 bridgehead atoms. The summed E-state index contributed by atoms with van der Waals surface area (Å²) in [7, 11) is 0. The van der Waals surface area contributed by atoms with Crippen molar-refractivity contribution in [3.8, 4) is 0 Å². The highest BCUT2D eigenvalue weighted by Crippen LogP contribution is 2.23. The number of likely N-dealkylation sites (tertiary alicyclic amines) is 1. The van der Waals surface area contributed by atoms with Crippen molar-refractivity contribution in [1.82, 2.24) is 10.2 Å². The van der Waals surface area contributed by atoms with Crippen LogP contribution in [0.2, 0.25) is 0 Å². The summed E-state index contributed by atoms with van der Waals surface area (Å²) in [5, 5.41) is 11.6. The molecule has 0 spiro atoms. The minimum Gasteiger partial charge on any atom is -0.481 e. The second-order valence-electron chi connectivity index (χ2n) is 4.93. The van der Waals surface area contributed by atoms with Crippen LogP contribution in [0.15, 0.2) is 0 Å². The standard InChI is InChI=1S/C13H22N2O5/c1-3-20-11(16)5-4-6-14-13(19)15-7-10(8-15)9(2)12(17)18/h9-10H,3-8H2,1-2H3,(H,14,19)(H,17,18). The zero-order valence-electron chi connectivity index (χ0n) is 11.9. The Bertz CT molecular complexity index is 366. The summed E-state index contributed by atoms with van der Waals surface area (Å²) in [4.78, 5) is 35.1. The van der Waals surface area contributed by atoms with Crippen molar-refractivity contribution < 1.29 is 24.2 Å². The lowest BCUT2D eigenvalue weighted by molar-refractivity contribution is -0.145. The number of hydrogen-bond acceptors (Lipinski definition) is 4. The van der Waals surface area contributed by atoms with E-state index in [0.717, 1.165) is 0 Å². The number of urea groups is 1. The van der Waals surface area contributed by atoms with Crippen molar-refractivity contribution in [2.24, 2.45) is 11.8 Å². The third-order valence-electron chi connectivity index (χ3n) is 3.43. The number of carbonyl (C=O) groups excluding carboxylic acids is 2. The van der Waals surface area contributed by atoms with E-state index in [1.54, 1.807) is 18.7 Å². The Labute approximate surface area is 118 Å². The number of hydrogen-bond donors (Lipinski definition) is 2. The molecular formula is C13H22N2O5. The number of carboxylic acids is 1. The number of aliphatic carboxylic acids is 1. The van der Waals surface area contributed by atoms with Gasteiger partial charge in [-0.05, 0) is 13.3 Å². The zero-order valence-corrected chi connectivity index (χ0v) is 11.9. The number of nitrogens with one attached hydrogen (secondary N) is 1. The van der Waals surface area contributed by atoms with Gasteiger partial charge in [-0.2, -0.15) is 0 Å². The molecule has 1 rings (SSSR count). The van der Waals surface area contributed by atoms with Crippen LogP contribution in [0.4, 0.5) is 4.79 Å². The van der Waals surface area contributed by atoms with E-state index >= 15 is 0 Å². The highest BCUT2D eigenvalue weighted by Gasteiger charge is 2.36. The molecule has 1 aliphatic heterocycles. The molecule has 0 aromatic heterocycles. The zero-order chi connectivity index (χ0) is 15.1. The van der Waals surface area contributed by atoms with Crippen LogP contribution in [0.25, 0.3) is 0 Å². The fraction of sp³-hybridized carbons (Fsp3) is 0.769. The summed E-state index contributed by atoms with van der Waals surface area (Å²) < 4.78 is 4.77. The van der Waals surface area contributed by atoms with Crippen molar-refractivity contribution >= 4 is 18.0 Å². The topological polar surface area (TPSA) is 95.9 Å². The lowest BCUT2D eigenvalue weighted by Gasteiger charge is -2.41. The van der Waals surface area contributed by atoms with Crippen molar-refractivity contribution in [1.29, 1.82) is 0 Å². The summed E-state index contributed by atoms with van der Waals surface area (Å²) in [6.07, 6.45) is 0.820. The van der Waals surface area contributed by atoms with E-state index < -0.39 is 11.9 Å². The Morgan fingerprint density at radius 2 is 2.05 bits per heavy atom. The number of esters is 1. The third-order valence-corrected chi connectivity index (χ3v) is 3.43. The lowest BCUT2D eigenvalue weighted by Crippen LogP contribution is -2.56. The molecule has 1 unspecified atom stereocenters. The normalized spacial score (nSPS) is 16.2. The van der Waals surface area contributed by atoms with Gasteiger partial charge in [-0.1, -0.05) is 6.92 Å². The molecule has 2 amide bonds. The van der Waals surface area contributed by atoms with Crippen molar-refractivity contribution in [3.05, 3.63) is 0 Å². The number of ether oxygens (including phenoxy) is 1. The number of carboxylic acid groups (broad SMARTS) is 1. The highest BCUT2D eigenvalue weighted by atomic mass is 16.5. The van der Waals surface area contributed by atoms with Gasteiger partial charge in [0.25, 0.3) is 0 Å². The van der Waals surface area contributed by atoms with Gasteiger partial charge in [-0.25, -0.2) is 4.79 Å². The SMILES string of the molecule is CCOC(=O)CCCNC(=O)N1CC(C(C)C(=O)O)C1. The van der Waals surface area contributed by atoms with Gasteiger partial charge in [0.2, 0.25) is 0 Å². The summed E-state index contributed by atoms with van der Waals surface area (Å²) in [5.74, 6) is -1.49. The third kappa shape index (κ3) is 4.71. The van der Waals surface area contributed by atoms with E-state index in [0.29, 0.717) is 32.7 Å². The van der Waals surface area contributed by atoms with Gasteiger partial charge < -0.3 is 20.1 Å². The van der Waals surface area contributed by atoms with Crippen molar-refractivity contribution in [3.63, 3.8) is 0 Å². The molecule has 1 aliphatic rings. The summed E-state index contributed by atoms with van der Waals surface area (Å²) >= 11 is 0. The Kier molecular flexibility index (Phi) is 6.27. The molecule has 2 N–H and O–H groups in total. The van der Waals surface area contributed by atoms with E-state index in [1.807, 2.05) is 0 Å². The van der Waals surface area contributed by atoms with E-state index in [1.165, 1.54) is 0 Å². The van der Waals surface area contributed by atoms with Gasteiger partial charge in [0.15, 0.2) is 0 Å². The lowest BCUT2D eigenvalue weighted by atomic mass is 9.87. The predicted molar refractivity (Wildman–Crippen MR) is 71.1 cm³/mol. The molecule has 0 saturated carbocycles. The van der Waals surface area contributed by atoms with Crippen LogP contribution in [-0.2, 0) is 14.3 Å². The van der Waals surface area contributed by atoms with Crippen LogP contribution in [0.1, 0.15) is 26.7 Å². The Morgan fingerprint density at radius 1 is 1.40 bits per heavy atom. The molecule has 1 saturated heterocycles. The first-order valence-electron chi connectivity index (χ1n) is 6.86. The molecular weight excluding hydrogens is 264 g/mol. The maximum Gasteiger partial charge on any atom is 0.317 e. The van der Waals surface area contributed by atoms with E-state index in [9.17, 15) is 14.4 Å². The molecule has 7 nitrogen and oxygen atoms in total. The molecule has 20 heavy (non-hydrogen) atoms. The molecule has 0 radical (unpaired) electrons. The fourth-order valence-corrected chi connectivity index (χ4v) is 1.97. The molecule has 0 aliphatic carbocycles. The van der Waals surface area contributed by atoms with Gasteiger partial charge >= 0.3 is 18.0 Å². The van der Waals surface area contributed by atoms with E-state index in [-0.39, 0.29) is 24.3 Å².